The number of benzene rings is 2. The average Bonchev–Trinajstić information content (AvgIpc) is 2.88. The number of ether oxygens (including phenoxy) is 1. The molecule has 2 aromatic carbocycles. The van der Waals surface area contributed by atoms with Crippen molar-refractivity contribution in [3.05, 3.63) is 87.9 Å². The highest BCUT2D eigenvalue weighted by Gasteiger charge is 2.67. The van der Waals surface area contributed by atoms with Gasteiger partial charge in [0, 0.05) is 11.5 Å². The minimum Gasteiger partial charge on any atom is -0.510 e. The normalized spacial score (nSPS) is 30.2. The van der Waals surface area contributed by atoms with Crippen molar-refractivity contribution in [2.24, 2.45) is 17.6 Å². The molecule has 6 unspecified atom stereocenters. The summed E-state index contributed by atoms with van der Waals surface area (Å²) < 4.78 is 6.41. The fourth-order valence-corrected chi connectivity index (χ4v) is 6.52. The van der Waals surface area contributed by atoms with Crippen LogP contribution in [0.2, 0.25) is 0 Å². The van der Waals surface area contributed by atoms with Crippen LogP contribution in [-0.2, 0) is 20.9 Å². The average molecular weight is 535 g/mol. The molecule has 2 aromatic rings. The Balaban J connectivity index is 1.80. The van der Waals surface area contributed by atoms with Gasteiger partial charge in [-0.05, 0) is 37.2 Å². The summed E-state index contributed by atoms with van der Waals surface area (Å²) in [5, 5.41) is 45.4. The quantitative estimate of drug-likeness (QED) is 0.359. The topological polar surface area (TPSA) is 171 Å². The smallest absolute Gasteiger partial charge is 0.255 e. The van der Waals surface area contributed by atoms with Gasteiger partial charge in [-0.2, -0.15) is 0 Å². The number of fused-ring (bicyclic) bond motifs is 3. The fraction of sp³-hybridized carbons (Fsp3) is 0.345. The van der Waals surface area contributed by atoms with Gasteiger partial charge < -0.3 is 30.9 Å². The van der Waals surface area contributed by atoms with Crippen molar-refractivity contribution in [2.75, 3.05) is 14.1 Å². The number of aliphatic hydroxyl groups excluding tert-OH is 2. The summed E-state index contributed by atoms with van der Waals surface area (Å²) in [6.07, 6.45) is -1.11. The molecule has 0 saturated carbocycles. The number of carbonyl (C=O) groups is 3. The second kappa shape index (κ2) is 9.33. The van der Waals surface area contributed by atoms with Crippen LogP contribution in [0, 0.1) is 11.8 Å². The molecule has 0 radical (unpaired) electrons. The predicted octanol–water partition coefficient (Wildman–Crippen LogP) is 1.88. The molecular weight excluding hydrogens is 504 g/mol. The molecule has 5 rings (SSSR count). The van der Waals surface area contributed by atoms with Crippen LogP contribution in [0.15, 0.2) is 71.2 Å². The molecule has 1 amide bonds. The number of likely N-dealkylation sites (N-methyl/N-ethyl adjacent to an activating group) is 1. The van der Waals surface area contributed by atoms with Crippen molar-refractivity contribution in [1.82, 2.24) is 4.90 Å². The number of Topliss-reactive ketones (excluding diaryl/α,β-unsaturated/α-hetero) is 2. The van der Waals surface area contributed by atoms with Crippen LogP contribution in [0.1, 0.15) is 34.3 Å². The maximum Gasteiger partial charge on any atom is 0.255 e. The number of aliphatic hydroxyl groups is 3. The number of rotatable bonds is 5. The molecule has 0 heterocycles. The van der Waals surface area contributed by atoms with Gasteiger partial charge in [0.25, 0.3) is 5.91 Å². The van der Waals surface area contributed by atoms with Crippen molar-refractivity contribution in [3.63, 3.8) is 0 Å². The lowest BCUT2D eigenvalue weighted by Crippen LogP contribution is -2.69. The monoisotopic (exact) mass is 534 g/mol. The minimum absolute atomic E-state index is 0.0257. The minimum atomic E-state index is -2.82. The first kappa shape index (κ1) is 26.6. The fourth-order valence-electron chi connectivity index (χ4n) is 6.52. The van der Waals surface area contributed by atoms with E-state index in [-0.39, 0.29) is 23.5 Å². The second-order valence-corrected chi connectivity index (χ2v) is 10.6. The number of hydrogen-bond acceptors (Lipinski definition) is 9. The molecule has 0 aliphatic heterocycles. The lowest BCUT2D eigenvalue weighted by molar-refractivity contribution is -0.171. The Labute approximate surface area is 224 Å². The predicted molar refractivity (Wildman–Crippen MR) is 139 cm³/mol. The van der Waals surface area contributed by atoms with E-state index in [4.69, 9.17) is 10.5 Å². The Morgan fingerprint density at radius 2 is 1.72 bits per heavy atom. The van der Waals surface area contributed by atoms with E-state index in [1.807, 2.05) is 30.3 Å². The number of aromatic hydroxyl groups is 1. The number of carbonyl (C=O) groups excluding carboxylic acids is 3. The number of nitrogens with two attached hydrogens (primary N) is 1. The summed E-state index contributed by atoms with van der Waals surface area (Å²) in [5.74, 6) is -8.01. The lowest BCUT2D eigenvalue weighted by atomic mass is 9.55. The highest BCUT2D eigenvalue weighted by atomic mass is 16.5. The van der Waals surface area contributed by atoms with Gasteiger partial charge in [0.05, 0.1) is 30.2 Å². The van der Waals surface area contributed by atoms with E-state index >= 15 is 0 Å². The molecule has 3 aliphatic rings. The van der Waals surface area contributed by atoms with Crippen LogP contribution < -0.4 is 5.73 Å². The molecular formula is C29H30N2O8. The summed E-state index contributed by atoms with van der Waals surface area (Å²) in [6.45, 7) is 1.82. The third-order valence-electron chi connectivity index (χ3n) is 8.25. The second-order valence-electron chi connectivity index (χ2n) is 10.6. The van der Waals surface area contributed by atoms with Gasteiger partial charge >= 0.3 is 0 Å². The molecule has 3 aliphatic carbocycles. The van der Waals surface area contributed by atoms with Crippen molar-refractivity contribution in [2.45, 2.75) is 37.2 Å². The summed E-state index contributed by atoms with van der Waals surface area (Å²) in [5.41, 5.74) is 2.70. The van der Waals surface area contributed by atoms with Crippen molar-refractivity contribution in [3.8, 4) is 5.75 Å². The molecule has 39 heavy (non-hydrogen) atoms. The first-order chi connectivity index (χ1) is 18.4. The molecule has 6 N–H and O–H groups in total. The zero-order valence-electron chi connectivity index (χ0n) is 21.7. The molecule has 0 aromatic heterocycles. The first-order valence-electron chi connectivity index (χ1n) is 12.5. The van der Waals surface area contributed by atoms with Gasteiger partial charge in [-0.15, -0.1) is 0 Å². The van der Waals surface area contributed by atoms with E-state index in [1.165, 1.54) is 11.0 Å². The van der Waals surface area contributed by atoms with Gasteiger partial charge in [0.1, 0.15) is 22.8 Å². The maximum absolute atomic E-state index is 13.8. The molecule has 0 spiro atoms. The van der Waals surface area contributed by atoms with Crippen LogP contribution in [0.5, 0.6) is 5.75 Å². The van der Waals surface area contributed by atoms with E-state index < -0.39 is 70.1 Å². The summed E-state index contributed by atoms with van der Waals surface area (Å²) in [6, 6.07) is 12.6. The Morgan fingerprint density at radius 1 is 1.05 bits per heavy atom. The zero-order valence-corrected chi connectivity index (χ0v) is 21.7. The standard InChI is InChI=1S/C29H30N2O8/c1-13-15-10-7-11-16(32)18(15)23(33)19-17(13)25(39-12-14-8-5-4-6-9-14)21-22(31(2)3)24(34)20(28(30)37)27(36)29(21,38)26(19)35/h4-11,13,17,21-22,25,32,34-35,38H,12H2,1-3H3,(H2,30,37). The maximum atomic E-state index is 13.8. The van der Waals surface area contributed by atoms with Crippen LogP contribution in [-0.4, -0.2) is 74.6 Å². The number of amides is 1. The Morgan fingerprint density at radius 3 is 2.33 bits per heavy atom. The molecule has 204 valence electrons. The van der Waals surface area contributed by atoms with E-state index in [1.54, 1.807) is 33.2 Å². The van der Waals surface area contributed by atoms with Crippen LogP contribution >= 0.6 is 0 Å². The number of nitrogens with zero attached hydrogens (tertiary/aromatic N) is 1. The number of primary amides is 1. The van der Waals surface area contributed by atoms with Crippen LogP contribution in [0.3, 0.4) is 0 Å². The van der Waals surface area contributed by atoms with Gasteiger partial charge in [-0.25, -0.2) is 0 Å². The number of phenols is 1. The number of ketones is 2. The van der Waals surface area contributed by atoms with Gasteiger partial charge in [0.2, 0.25) is 5.78 Å². The Kier molecular flexibility index (Phi) is 6.37. The highest BCUT2D eigenvalue weighted by molar-refractivity contribution is 6.25. The first-order valence-corrected chi connectivity index (χ1v) is 12.5. The van der Waals surface area contributed by atoms with E-state index in [0.717, 1.165) is 5.56 Å². The summed E-state index contributed by atoms with van der Waals surface area (Å²) >= 11 is 0. The molecule has 0 saturated heterocycles. The number of hydrogen-bond donors (Lipinski definition) is 5. The van der Waals surface area contributed by atoms with Gasteiger partial charge in [0.15, 0.2) is 11.4 Å². The van der Waals surface area contributed by atoms with E-state index in [9.17, 15) is 34.8 Å². The summed E-state index contributed by atoms with van der Waals surface area (Å²) in [4.78, 5) is 41.3. The van der Waals surface area contributed by atoms with Crippen molar-refractivity contribution < 1.29 is 39.5 Å². The third-order valence-corrected chi connectivity index (χ3v) is 8.25. The Hall–Kier alpha value is -3.99. The number of phenolic OH excluding ortho intramolecular Hbond substituents is 1. The van der Waals surface area contributed by atoms with Crippen molar-refractivity contribution >= 4 is 17.5 Å². The molecule has 6 atom stereocenters. The van der Waals surface area contributed by atoms with Gasteiger partial charge in [-0.3, -0.25) is 19.3 Å². The highest BCUT2D eigenvalue weighted by Crippen LogP contribution is 2.56. The zero-order chi connectivity index (χ0) is 28.4. The molecule has 0 bridgehead atoms. The molecule has 0 fully saturated rings. The third kappa shape index (κ3) is 3.70. The van der Waals surface area contributed by atoms with E-state index in [2.05, 4.69) is 0 Å². The van der Waals surface area contributed by atoms with Crippen LogP contribution in [0.4, 0.5) is 0 Å². The molecule has 10 heteroatoms. The SMILES string of the molecule is CC1c2cccc(O)c2C(=O)C2=C(O)C3(O)C(=O)C(C(N)=O)=C(O)C(N(C)C)C3C(OCc3ccccc3)C21. The Bertz CT molecular complexity index is 1450. The molecule has 10 nitrogen and oxygen atoms in total. The van der Waals surface area contributed by atoms with E-state index in [0.29, 0.717) is 5.56 Å². The van der Waals surface area contributed by atoms with Gasteiger partial charge in [-0.1, -0.05) is 49.4 Å². The van der Waals surface area contributed by atoms with Crippen LogP contribution in [0.25, 0.3) is 0 Å². The summed E-state index contributed by atoms with van der Waals surface area (Å²) in [7, 11) is 3.14. The lowest BCUT2D eigenvalue weighted by Gasteiger charge is -2.54. The largest absolute Gasteiger partial charge is 0.510 e. The van der Waals surface area contributed by atoms with Crippen molar-refractivity contribution in [1.29, 1.82) is 0 Å².